The zero-order valence-electron chi connectivity index (χ0n) is 21.5. The van der Waals surface area contributed by atoms with E-state index in [-0.39, 0.29) is 18.4 Å². The van der Waals surface area contributed by atoms with Crippen LogP contribution in [0.15, 0.2) is 12.5 Å². The predicted octanol–water partition coefficient (Wildman–Crippen LogP) is 5.10. The maximum atomic E-state index is 11.9. The van der Waals surface area contributed by atoms with Crippen molar-refractivity contribution in [2.75, 3.05) is 13.3 Å². The number of carboxylic acids is 1. The van der Waals surface area contributed by atoms with Crippen molar-refractivity contribution in [1.82, 2.24) is 14.9 Å². The lowest BCUT2D eigenvalue weighted by Crippen LogP contribution is -2.28. The number of imidazole rings is 1. The number of amides is 1. The first-order valence-electron chi connectivity index (χ1n) is 13.1. The minimum atomic E-state index is -0.867. The van der Waals surface area contributed by atoms with E-state index in [2.05, 4.69) is 28.7 Å². The maximum Gasteiger partial charge on any atom is 0.410 e. The number of ether oxygens (including phenoxy) is 2. The smallest absolute Gasteiger partial charge is 0.410 e. The van der Waals surface area contributed by atoms with Crippen LogP contribution in [-0.2, 0) is 25.5 Å². The van der Waals surface area contributed by atoms with Gasteiger partial charge in [-0.3, -0.25) is 9.59 Å². The van der Waals surface area contributed by atoms with Crippen LogP contribution in [0.1, 0.15) is 96.7 Å². The Bertz CT molecular complexity index is 788. The Kier molecular flexibility index (Phi) is 12.6. The summed E-state index contributed by atoms with van der Waals surface area (Å²) in [4.78, 5) is 39.8. The van der Waals surface area contributed by atoms with Crippen LogP contribution in [0, 0.1) is 17.8 Å². The molecular formula is C26H43N3O6. The highest BCUT2D eigenvalue weighted by molar-refractivity contribution is 5.72. The molecule has 0 bridgehead atoms. The molecule has 1 fully saturated rings. The summed E-state index contributed by atoms with van der Waals surface area (Å²) in [6.07, 6.45) is 13.0. The Hall–Kier alpha value is -2.58. The normalized spacial score (nSPS) is 19.5. The molecule has 2 rings (SSSR count). The van der Waals surface area contributed by atoms with E-state index in [9.17, 15) is 19.5 Å². The largest absolute Gasteiger partial charge is 0.481 e. The van der Waals surface area contributed by atoms with Crippen molar-refractivity contribution < 1.29 is 29.0 Å². The van der Waals surface area contributed by atoms with Gasteiger partial charge in [-0.05, 0) is 50.9 Å². The van der Waals surface area contributed by atoms with Gasteiger partial charge in [0.1, 0.15) is 0 Å². The van der Waals surface area contributed by atoms with Gasteiger partial charge in [0, 0.05) is 25.2 Å². The number of carboxylic acid groups (broad SMARTS) is 1. The van der Waals surface area contributed by atoms with Gasteiger partial charge in [0.2, 0.25) is 6.79 Å². The maximum absolute atomic E-state index is 11.9. The van der Waals surface area contributed by atoms with Gasteiger partial charge in [0.05, 0.1) is 23.9 Å². The van der Waals surface area contributed by atoms with Crippen LogP contribution < -0.4 is 5.32 Å². The third-order valence-corrected chi connectivity index (χ3v) is 6.90. The number of alkyl carbamates (subject to hydrolysis) is 1. The van der Waals surface area contributed by atoms with Gasteiger partial charge < -0.3 is 24.5 Å². The van der Waals surface area contributed by atoms with Crippen molar-refractivity contribution >= 4 is 18.0 Å². The van der Waals surface area contributed by atoms with Gasteiger partial charge in [-0.2, -0.15) is 0 Å². The number of hydrogen-bond acceptors (Lipinski definition) is 6. The molecule has 0 radical (unpaired) electrons. The first kappa shape index (κ1) is 28.7. The predicted molar refractivity (Wildman–Crippen MR) is 132 cm³/mol. The molecule has 0 spiro atoms. The molecule has 2 N–H and O–H groups in total. The molecule has 1 amide bonds. The van der Waals surface area contributed by atoms with Gasteiger partial charge in [0.25, 0.3) is 0 Å². The molecule has 1 saturated carbocycles. The summed E-state index contributed by atoms with van der Waals surface area (Å²) in [6.45, 7) is 6.04. The second-order valence-corrected chi connectivity index (χ2v) is 9.94. The van der Waals surface area contributed by atoms with Crippen molar-refractivity contribution in [3.63, 3.8) is 0 Å². The Morgan fingerprint density at radius 2 is 1.89 bits per heavy atom. The lowest BCUT2D eigenvalue weighted by molar-refractivity contribution is -0.156. The number of rotatable bonds is 15. The first-order valence-corrected chi connectivity index (χ1v) is 13.1. The molecule has 35 heavy (non-hydrogen) atoms. The standard InChI is InChI=1S/C26H43N3O6/c1-4-5-6-8-20(3)25(32)34-18-35-26(33)27-14-7-9-21(24(30)31)15-22-16-29(17-28-22)23-12-10-19(2)11-13-23/h16-17,19-21,23H,4-15,18H2,1-3H3,(H,27,33)(H,30,31)/t19?,20?,21-,23?/m0/s1. The molecule has 1 aromatic rings. The Morgan fingerprint density at radius 3 is 2.57 bits per heavy atom. The number of carbonyl (C=O) groups is 3. The van der Waals surface area contributed by atoms with E-state index in [0.717, 1.165) is 50.1 Å². The van der Waals surface area contributed by atoms with E-state index >= 15 is 0 Å². The van der Waals surface area contributed by atoms with E-state index in [1.807, 2.05) is 12.5 Å². The molecule has 198 valence electrons. The molecule has 1 aliphatic rings. The molecule has 0 aromatic carbocycles. The third-order valence-electron chi connectivity index (χ3n) is 6.90. The molecular weight excluding hydrogens is 450 g/mol. The summed E-state index contributed by atoms with van der Waals surface area (Å²) < 4.78 is 12.0. The number of aliphatic carboxylic acids is 1. The third kappa shape index (κ3) is 10.7. The Labute approximate surface area is 209 Å². The minimum absolute atomic E-state index is 0.223. The molecule has 9 nitrogen and oxygen atoms in total. The number of nitrogens with zero attached hydrogens (tertiary/aromatic N) is 2. The van der Waals surface area contributed by atoms with Crippen molar-refractivity contribution in [3.05, 3.63) is 18.2 Å². The van der Waals surface area contributed by atoms with Crippen LogP contribution in [0.4, 0.5) is 4.79 Å². The van der Waals surface area contributed by atoms with Gasteiger partial charge in [-0.25, -0.2) is 9.78 Å². The van der Waals surface area contributed by atoms with E-state index in [0.29, 0.717) is 25.3 Å². The molecule has 0 aliphatic heterocycles. The quantitative estimate of drug-likeness (QED) is 0.198. The van der Waals surface area contributed by atoms with Crippen LogP contribution >= 0.6 is 0 Å². The highest BCUT2D eigenvalue weighted by atomic mass is 16.7. The molecule has 0 saturated heterocycles. The second-order valence-electron chi connectivity index (χ2n) is 9.94. The molecule has 1 unspecified atom stereocenters. The average molecular weight is 494 g/mol. The van der Waals surface area contributed by atoms with Gasteiger partial charge in [0.15, 0.2) is 0 Å². The highest BCUT2D eigenvalue weighted by Gasteiger charge is 2.22. The fourth-order valence-electron chi connectivity index (χ4n) is 4.48. The van der Waals surface area contributed by atoms with Crippen LogP contribution in [0.2, 0.25) is 0 Å². The van der Waals surface area contributed by atoms with Crippen LogP contribution in [0.5, 0.6) is 0 Å². The number of nitrogens with one attached hydrogen (secondary N) is 1. The summed E-state index contributed by atoms with van der Waals surface area (Å²) in [7, 11) is 0. The molecule has 2 atom stereocenters. The minimum Gasteiger partial charge on any atom is -0.481 e. The lowest BCUT2D eigenvalue weighted by atomic mass is 9.87. The van der Waals surface area contributed by atoms with Crippen molar-refractivity contribution in [3.8, 4) is 0 Å². The van der Waals surface area contributed by atoms with E-state index < -0.39 is 24.8 Å². The fraction of sp³-hybridized carbons (Fsp3) is 0.769. The molecule has 1 heterocycles. The van der Waals surface area contributed by atoms with Crippen molar-refractivity contribution in [2.24, 2.45) is 17.8 Å². The van der Waals surface area contributed by atoms with Crippen LogP contribution in [0.3, 0.4) is 0 Å². The Balaban J connectivity index is 1.63. The van der Waals surface area contributed by atoms with Crippen LogP contribution in [0.25, 0.3) is 0 Å². The molecule has 1 aliphatic carbocycles. The summed E-state index contributed by atoms with van der Waals surface area (Å²) in [5, 5.41) is 12.2. The highest BCUT2D eigenvalue weighted by Crippen LogP contribution is 2.32. The lowest BCUT2D eigenvalue weighted by Gasteiger charge is -2.26. The monoisotopic (exact) mass is 493 g/mol. The first-order chi connectivity index (χ1) is 16.8. The number of hydrogen-bond donors (Lipinski definition) is 2. The zero-order valence-corrected chi connectivity index (χ0v) is 21.5. The van der Waals surface area contributed by atoms with Gasteiger partial charge in [-0.1, -0.05) is 40.0 Å². The molecule has 9 heteroatoms. The zero-order chi connectivity index (χ0) is 25.6. The van der Waals surface area contributed by atoms with E-state index in [1.165, 1.54) is 12.8 Å². The topological polar surface area (TPSA) is 120 Å². The van der Waals surface area contributed by atoms with Crippen molar-refractivity contribution in [1.29, 1.82) is 0 Å². The number of esters is 1. The van der Waals surface area contributed by atoms with E-state index in [1.54, 1.807) is 6.92 Å². The van der Waals surface area contributed by atoms with Gasteiger partial charge >= 0.3 is 18.0 Å². The Morgan fingerprint density at radius 1 is 1.14 bits per heavy atom. The fourth-order valence-corrected chi connectivity index (χ4v) is 4.48. The molecule has 1 aromatic heterocycles. The average Bonchev–Trinajstić information content (AvgIpc) is 3.30. The SMILES string of the molecule is CCCCCC(C)C(=O)OCOC(=O)NCCC[C@@H](Cc1cn(C2CCC(C)CC2)cn1)C(=O)O. The second kappa shape index (κ2) is 15.4. The number of aromatic nitrogens is 2. The summed E-state index contributed by atoms with van der Waals surface area (Å²) in [6, 6.07) is 0.453. The van der Waals surface area contributed by atoms with Crippen LogP contribution in [-0.4, -0.2) is 46.0 Å². The summed E-state index contributed by atoms with van der Waals surface area (Å²) >= 11 is 0. The summed E-state index contributed by atoms with van der Waals surface area (Å²) in [5.74, 6) is -1.26. The summed E-state index contributed by atoms with van der Waals surface area (Å²) in [5.41, 5.74) is 0.786. The number of carbonyl (C=O) groups excluding carboxylic acids is 2. The van der Waals surface area contributed by atoms with Gasteiger partial charge in [-0.15, -0.1) is 0 Å². The van der Waals surface area contributed by atoms with E-state index in [4.69, 9.17) is 9.47 Å². The number of unbranched alkanes of at least 4 members (excludes halogenated alkanes) is 2. The van der Waals surface area contributed by atoms with Crippen molar-refractivity contribution in [2.45, 2.75) is 97.4 Å².